The van der Waals surface area contributed by atoms with Gasteiger partial charge in [-0.25, -0.2) is 0 Å². The maximum Gasteiger partial charge on any atom is 0.185 e. The molecule has 0 amide bonds. The highest BCUT2D eigenvalue weighted by atomic mass is 16.3. The van der Waals surface area contributed by atoms with E-state index in [-0.39, 0.29) is 22.0 Å². The van der Waals surface area contributed by atoms with Gasteiger partial charge in [-0.2, -0.15) is 0 Å². The van der Waals surface area contributed by atoms with Crippen LogP contribution in [0.25, 0.3) is 0 Å². The molecule has 0 aromatic heterocycles. The third-order valence-electron chi connectivity index (χ3n) is 3.47. The molecule has 122 valence electrons. The van der Waals surface area contributed by atoms with Gasteiger partial charge in [-0.1, -0.05) is 53.4 Å². The fourth-order valence-electron chi connectivity index (χ4n) is 2.23. The minimum Gasteiger partial charge on any atom is -0.370 e. The van der Waals surface area contributed by atoms with Gasteiger partial charge in [0.1, 0.15) is 0 Å². The normalized spacial score (nSPS) is 19.1. The average molecular weight is 302 g/mol. The zero-order valence-corrected chi connectivity index (χ0v) is 15.5. The second-order valence-electron chi connectivity index (χ2n) is 9.27. The highest BCUT2D eigenvalue weighted by Gasteiger charge is 2.39. The standard InChI is InChI=1S/C20H30O2/c1-17(2,3)10-11-20(22)12-14(18(4,5)6)16(21)15(13-20)19(7,8)9/h12-13,22H,1-9H3. The fourth-order valence-corrected chi connectivity index (χ4v) is 2.23. The third-order valence-corrected chi connectivity index (χ3v) is 3.47. The summed E-state index contributed by atoms with van der Waals surface area (Å²) in [6.45, 7) is 17.9. The van der Waals surface area contributed by atoms with Gasteiger partial charge in [0.25, 0.3) is 0 Å². The van der Waals surface area contributed by atoms with Crippen LogP contribution in [0, 0.1) is 28.1 Å². The molecule has 0 fully saturated rings. The van der Waals surface area contributed by atoms with Crippen LogP contribution in [-0.2, 0) is 4.79 Å². The molecule has 22 heavy (non-hydrogen) atoms. The zero-order valence-electron chi connectivity index (χ0n) is 15.5. The Balaban J connectivity index is 3.54. The second-order valence-corrected chi connectivity index (χ2v) is 9.27. The van der Waals surface area contributed by atoms with Crippen molar-refractivity contribution in [2.24, 2.45) is 16.2 Å². The van der Waals surface area contributed by atoms with Crippen LogP contribution in [0.2, 0.25) is 0 Å². The Morgan fingerprint density at radius 1 is 0.864 bits per heavy atom. The molecule has 0 saturated heterocycles. The highest BCUT2D eigenvalue weighted by molar-refractivity contribution is 6.11. The second kappa shape index (κ2) is 5.39. The minimum absolute atomic E-state index is 0.0160. The quantitative estimate of drug-likeness (QED) is 0.678. The first-order valence-corrected chi connectivity index (χ1v) is 7.83. The van der Waals surface area contributed by atoms with Crippen LogP contribution >= 0.6 is 0 Å². The number of hydrogen-bond acceptors (Lipinski definition) is 2. The van der Waals surface area contributed by atoms with E-state index in [0.717, 1.165) is 0 Å². The van der Waals surface area contributed by atoms with Gasteiger partial charge in [0.2, 0.25) is 0 Å². The van der Waals surface area contributed by atoms with E-state index in [1.54, 1.807) is 12.2 Å². The summed E-state index contributed by atoms with van der Waals surface area (Å²) >= 11 is 0. The molecular formula is C20H30O2. The first-order chi connectivity index (χ1) is 9.55. The van der Waals surface area contributed by atoms with E-state index in [9.17, 15) is 9.90 Å². The molecule has 0 radical (unpaired) electrons. The minimum atomic E-state index is -1.38. The monoisotopic (exact) mass is 302 g/mol. The van der Waals surface area contributed by atoms with Crippen molar-refractivity contribution in [3.05, 3.63) is 23.3 Å². The topological polar surface area (TPSA) is 37.3 Å². The van der Waals surface area contributed by atoms with Crippen molar-refractivity contribution < 1.29 is 9.90 Å². The number of hydrogen-bond donors (Lipinski definition) is 1. The Morgan fingerprint density at radius 2 is 1.23 bits per heavy atom. The maximum absolute atomic E-state index is 12.8. The van der Waals surface area contributed by atoms with Crippen molar-refractivity contribution in [1.29, 1.82) is 0 Å². The molecule has 1 aliphatic carbocycles. The zero-order chi connectivity index (χ0) is 17.6. The predicted molar refractivity (Wildman–Crippen MR) is 92.3 cm³/mol. The van der Waals surface area contributed by atoms with Crippen LogP contribution in [0.3, 0.4) is 0 Å². The van der Waals surface area contributed by atoms with Crippen LogP contribution in [-0.4, -0.2) is 16.5 Å². The van der Waals surface area contributed by atoms with Gasteiger partial charge in [0.15, 0.2) is 11.4 Å². The molecule has 1 N–H and O–H groups in total. The summed E-state index contributed by atoms with van der Waals surface area (Å²) in [6.07, 6.45) is 3.26. The van der Waals surface area contributed by atoms with E-state index in [0.29, 0.717) is 11.1 Å². The third kappa shape index (κ3) is 4.58. The molecule has 0 spiro atoms. The van der Waals surface area contributed by atoms with Crippen LogP contribution in [0.5, 0.6) is 0 Å². The van der Waals surface area contributed by atoms with Crippen molar-refractivity contribution in [3.8, 4) is 11.8 Å². The van der Waals surface area contributed by atoms with Gasteiger partial charge < -0.3 is 5.11 Å². The smallest absolute Gasteiger partial charge is 0.185 e. The summed E-state index contributed by atoms with van der Waals surface area (Å²) in [5, 5.41) is 10.9. The summed E-state index contributed by atoms with van der Waals surface area (Å²) in [7, 11) is 0. The lowest BCUT2D eigenvalue weighted by Gasteiger charge is -2.34. The molecule has 1 aliphatic rings. The van der Waals surface area contributed by atoms with Crippen molar-refractivity contribution in [2.45, 2.75) is 67.9 Å². The largest absolute Gasteiger partial charge is 0.370 e. The molecule has 2 nitrogen and oxygen atoms in total. The van der Waals surface area contributed by atoms with Crippen LogP contribution in [0.15, 0.2) is 23.3 Å². The first-order valence-electron chi connectivity index (χ1n) is 7.83. The first kappa shape index (κ1) is 18.7. The number of aliphatic hydroxyl groups is 1. The van der Waals surface area contributed by atoms with Gasteiger partial charge in [-0.05, 0) is 43.8 Å². The fraction of sp³-hybridized carbons (Fsp3) is 0.650. The average Bonchev–Trinajstić information content (AvgIpc) is 2.26. The van der Waals surface area contributed by atoms with E-state index in [2.05, 4.69) is 11.8 Å². The van der Waals surface area contributed by atoms with Crippen LogP contribution < -0.4 is 0 Å². The summed E-state index contributed by atoms with van der Waals surface area (Å²) < 4.78 is 0. The number of carbonyl (C=O) groups is 1. The van der Waals surface area contributed by atoms with Gasteiger partial charge in [0, 0.05) is 16.6 Å². The van der Waals surface area contributed by atoms with Crippen molar-refractivity contribution >= 4 is 5.78 Å². The van der Waals surface area contributed by atoms with E-state index >= 15 is 0 Å². The Bertz CT molecular complexity index is 551. The Labute approximate surface area is 135 Å². The Kier molecular flexibility index (Phi) is 4.58. The van der Waals surface area contributed by atoms with E-state index in [4.69, 9.17) is 0 Å². The summed E-state index contributed by atoms with van der Waals surface area (Å²) in [4.78, 5) is 12.8. The lowest BCUT2D eigenvalue weighted by atomic mass is 9.70. The van der Waals surface area contributed by atoms with Crippen LogP contribution in [0.4, 0.5) is 0 Å². The molecule has 1 rings (SSSR count). The van der Waals surface area contributed by atoms with E-state index < -0.39 is 5.60 Å². The lowest BCUT2D eigenvalue weighted by molar-refractivity contribution is -0.114. The SMILES string of the molecule is CC(C)(C)C#CC1(O)C=C(C(C)(C)C)C(=O)C(C(C)(C)C)=C1. The molecule has 0 aliphatic heterocycles. The molecule has 0 bridgehead atoms. The number of carbonyl (C=O) groups excluding carboxylic acids is 1. The predicted octanol–water partition coefficient (Wildman–Crippen LogP) is 4.29. The van der Waals surface area contributed by atoms with E-state index in [1.807, 2.05) is 62.3 Å². The van der Waals surface area contributed by atoms with Gasteiger partial charge >= 0.3 is 0 Å². The molecular weight excluding hydrogens is 272 g/mol. The van der Waals surface area contributed by atoms with Gasteiger partial charge in [-0.3, -0.25) is 4.79 Å². The molecule has 0 saturated carbocycles. The van der Waals surface area contributed by atoms with Crippen molar-refractivity contribution in [3.63, 3.8) is 0 Å². The summed E-state index contributed by atoms with van der Waals surface area (Å²) in [5.74, 6) is 6.07. The number of ketones is 1. The maximum atomic E-state index is 12.8. The lowest BCUT2D eigenvalue weighted by Crippen LogP contribution is -2.36. The molecule has 0 aromatic carbocycles. The number of allylic oxidation sites excluding steroid dienone is 2. The summed E-state index contributed by atoms with van der Waals surface area (Å²) in [5.41, 5.74) is -0.996. The van der Waals surface area contributed by atoms with Crippen molar-refractivity contribution in [1.82, 2.24) is 0 Å². The van der Waals surface area contributed by atoms with E-state index in [1.165, 1.54) is 0 Å². The molecule has 0 atom stereocenters. The Hall–Kier alpha value is -1.33. The van der Waals surface area contributed by atoms with Gasteiger partial charge in [0.05, 0.1) is 0 Å². The summed E-state index contributed by atoms with van der Waals surface area (Å²) in [6, 6.07) is 0. The number of Topliss-reactive ketones (excluding diaryl/α,β-unsaturated/α-hetero) is 1. The van der Waals surface area contributed by atoms with Gasteiger partial charge in [-0.15, -0.1) is 0 Å². The molecule has 0 heterocycles. The number of rotatable bonds is 0. The van der Waals surface area contributed by atoms with Crippen molar-refractivity contribution in [2.75, 3.05) is 0 Å². The highest BCUT2D eigenvalue weighted by Crippen LogP contribution is 2.40. The molecule has 0 unspecified atom stereocenters. The Morgan fingerprint density at radius 3 is 1.50 bits per heavy atom. The molecule has 2 heteroatoms. The molecule has 0 aromatic rings. The van der Waals surface area contributed by atoms with Crippen LogP contribution in [0.1, 0.15) is 62.3 Å².